The van der Waals surface area contributed by atoms with Crippen molar-refractivity contribution in [3.05, 3.63) is 60.8 Å². The minimum atomic E-state index is -4.47. The number of unbranched alkanes of at least 4 members (excludes halogenated alkanes) is 8. The van der Waals surface area contributed by atoms with Crippen LogP contribution in [-0.4, -0.2) is 89.2 Å². The molecule has 7 atom stereocenters. The second-order valence-corrected chi connectivity index (χ2v) is 15.8. The average molecular weight is 828 g/mol. The molecule has 1 aliphatic rings. The zero-order chi connectivity index (χ0) is 42.0. The second kappa shape index (κ2) is 34.4. The minimum absolute atomic E-state index is 0.00143. The quantitative estimate of drug-likeness (QED) is 0.0182. The van der Waals surface area contributed by atoms with Crippen molar-refractivity contribution in [3.63, 3.8) is 0 Å². The molecule has 0 saturated carbocycles. The summed E-state index contributed by atoms with van der Waals surface area (Å²) in [4.78, 5) is 35.0. The smallest absolute Gasteiger partial charge is 0.462 e. The van der Waals surface area contributed by atoms with Crippen molar-refractivity contribution < 1.29 is 57.6 Å². The van der Waals surface area contributed by atoms with Gasteiger partial charge in [-0.2, -0.15) is 0 Å². The molecule has 13 nitrogen and oxygen atoms in total. The van der Waals surface area contributed by atoms with Crippen molar-refractivity contribution in [1.82, 2.24) is 0 Å². The molecule has 1 aliphatic heterocycles. The molecule has 0 radical (unpaired) electrons. The summed E-state index contributed by atoms with van der Waals surface area (Å²) in [5.41, 5.74) is 5.34. The Kier molecular flexibility index (Phi) is 31.7. The molecular formula is C43H74NO12P. The van der Waals surface area contributed by atoms with Gasteiger partial charge in [0, 0.05) is 31.7 Å². The highest BCUT2D eigenvalue weighted by molar-refractivity contribution is 7.47. The maximum Gasteiger partial charge on any atom is 0.472 e. The third-order valence-electron chi connectivity index (χ3n) is 9.17. The van der Waals surface area contributed by atoms with Crippen molar-refractivity contribution >= 4 is 19.8 Å². The highest BCUT2D eigenvalue weighted by atomic mass is 31.2. The van der Waals surface area contributed by atoms with Crippen molar-refractivity contribution in [1.29, 1.82) is 0 Å². The van der Waals surface area contributed by atoms with Gasteiger partial charge < -0.3 is 40.2 Å². The summed E-state index contributed by atoms with van der Waals surface area (Å²) in [6, 6.07) is 0. The Morgan fingerprint density at radius 2 is 1.42 bits per heavy atom. The number of ether oxygens (including phenoxy) is 3. The number of carbonyl (C=O) groups is 2. The summed E-state index contributed by atoms with van der Waals surface area (Å²) in [6.45, 7) is 3.21. The summed E-state index contributed by atoms with van der Waals surface area (Å²) in [5.74, 6) is -1.40. The molecule has 0 amide bonds. The molecule has 1 rings (SSSR count). The molecule has 57 heavy (non-hydrogen) atoms. The highest BCUT2D eigenvalue weighted by Gasteiger charge is 2.35. The van der Waals surface area contributed by atoms with E-state index in [-0.39, 0.29) is 44.9 Å². The third-order valence-corrected chi connectivity index (χ3v) is 10.2. The Balaban J connectivity index is 2.50. The van der Waals surface area contributed by atoms with E-state index >= 15 is 0 Å². The van der Waals surface area contributed by atoms with Crippen molar-refractivity contribution in [3.8, 4) is 0 Å². The Morgan fingerprint density at radius 3 is 2.11 bits per heavy atom. The van der Waals surface area contributed by atoms with Crippen LogP contribution < -0.4 is 5.73 Å². The molecule has 0 aromatic carbocycles. The van der Waals surface area contributed by atoms with Crippen molar-refractivity contribution in [2.24, 2.45) is 11.7 Å². The first-order valence-electron chi connectivity index (χ1n) is 21.2. The fourth-order valence-electron chi connectivity index (χ4n) is 5.91. The molecule has 0 aromatic heterocycles. The normalized spacial score (nSPS) is 21.2. The van der Waals surface area contributed by atoms with E-state index in [4.69, 9.17) is 29.0 Å². The lowest BCUT2D eigenvalue weighted by Crippen LogP contribution is -2.43. The Bertz CT molecular complexity index is 1240. The second-order valence-electron chi connectivity index (χ2n) is 14.4. The standard InChI is InChI=1S/C43H74NO12P/c1-3-5-7-8-9-10-11-12-13-14-15-16-17-18-23-27-41(47)52-34-37(35-54-57(50,51)53-32-31-44)55-42(48)28-24-20-19-22-26-38-39(46)33-43(49)56-40(38)30-29-36(45)25-21-6-4-2/h9-10,12-13,15-16,19,22,29-30,36-40,43,45-46,49H,3-8,11,14,17-18,20-21,23-28,31-35,44H2,1-2H3,(H,50,51)/b10-9-,13-12-,16-15-,22-19-,30-29+/t36-,37+,38-,39-,40+,43?/m0/s1. The van der Waals surface area contributed by atoms with E-state index < -0.39 is 57.1 Å². The molecule has 0 aromatic rings. The molecule has 6 N–H and O–H groups in total. The van der Waals surface area contributed by atoms with Crippen LogP contribution in [0.4, 0.5) is 0 Å². The number of carbonyl (C=O) groups excluding carboxylic acids is 2. The summed E-state index contributed by atoms with van der Waals surface area (Å²) in [5, 5.41) is 30.9. The predicted molar refractivity (Wildman–Crippen MR) is 223 cm³/mol. The maximum atomic E-state index is 12.7. The van der Waals surface area contributed by atoms with Gasteiger partial charge >= 0.3 is 19.8 Å². The van der Waals surface area contributed by atoms with Gasteiger partial charge in [-0.3, -0.25) is 18.6 Å². The molecule has 14 heteroatoms. The lowest BCUT2D eigenvalue weighted by atomic mass is 9.87. The number of phosphoric ester groups is 1. The van der Waals surface area contributed by atoms with Gasteiger partial charge in [-0.1, -0.05) is 107 Å². The first-order valence-corrected chi connectivity index (χ1v) is 22.7. The number of rotatable bonds is 34. The molecule has 328 valence electrons. The van der Waals surface area contributed by atoms with Gasteiger partial charge in [0.1, 0.15) is 6.61 Å². The number of hydrogen-bond acceptors (Lipinski definition) is 12. The summed E-state index contributed by atoms with van der Waals surface area (Å²) < 4.78 is 38.3. The topological polar surface area (TPSA) is 204 Å². The molecule has 0 spiro atoms. The summed E-state index contributed by atoms with van der Waals surface area (Å²) >= 11 is 0. The van der Waals surface area contributed by atoms with Gasteiger partial charge in [0.25, 0.3) is 0 Å². The van der Waals surface area contributed by atoms with Gasteiger partial charge in [-0.15, -0.1) is 0 Å². The van der Waals surface area contributed by atoms with Crippen LogP contribution in [0.15, 0.2) is 60.8 Å². The van der Waals surface area contributed by atoms with Crippen LogP contribution in [0.3, 0.4) is 0 Å². The third kappa shape index (κ3) is 29.4. The zero-order valence-electron chi connectivity index (χ0n) is 34.6. The molecule has 0 bridgehead atoms. The Labute approximate surface area is 342 Å². The molecule has 2 unspecified atom stereocenters. The fourth-order valence-corrected chi connectivity index (χ4v) is 6.68. The molecular weight excluding hydrogens is 753 g/mol. The van der Waals surface area contributed by atoms with Gasteiger partial charge in [0.2, 0.25) is 0 Å². The predicted octanol–water partition coefficient (Wildman–Crippen LogP) is 7.82. The van der Waals surface area contributed by atoms with E-state index in [9.17, 15) is 34.4 Å². The largest absolute Gasteiger partial charge is 0.472 e. The van der Waals surface area contributed by atoms with E-state index in [0.29, 0.717) is 32.1 Å². The number of hydrogen-bond donors (Lipinski definition) is 5. The van der Waals surface area contributed by atoms with Crippen LogP contribution in [0.5, 0.6) is 0 Å². The number of aliphatic hydroxyl groups is 3. The first kappa shape index (κ1) is 52.6. The van der Waals surface area contributed by atoms with Crippen molar-refractivity contribution in [2.75, 3.05) is 26.4 Å². The number of phosphoric acid groups is 1. The van der Waals surface area contributed by atoms with Crippen LogP contribution in [0.2, 0.25) is 0 Å². The van der Waals surface area contributed by atoms with Crippen LogP contribution >= 0.6 is 7.82 Å². The monoisotopic (exact) mass is 827 g/mol. The number of allylic oxidation sites excluding steroid dienone is 8. The van der Waals surface area contributed by atoms with Gasteiger partial charge in [0.15, 0.2) is 12.4 Å². The molecule has 1 fully saturated rings. The first-order chi connectivity index (χ1) is 27.5. The SMILES string of the molecule is CCCCC/C=C\C/C=C\C/C=C\CCCCC(=O)OC[C@H](COP(=O)(O)OCCN)OC(=O)CCC/C=C\C[C@H]1[C@@H](O)CC(O)O[C@@H]1/C=C/[C@@H](O)CCCCC. The Morgan fingerprint density at radius 1 is 0.807 bits per heavy atom. The molecule has 0 aliphatic carbocycles. The van der Waals surface area contributed by atoms with E-state index in [1.54, 1.807) is 12.2 Å². The fraction of sp³-hybridized carbons (Fsp3) is 0.721. The lowest BCUT2D eigenvalue weighted by Gasteiger charge is -2.36. The van der Waals surface area contributed by atoms with E-state index in [0.717, 1.165) is 51.4 Å². The number of esters is 2. The zero-order valence-corrected chi connectivity index (χ0v) is 35.5. The van der Waals surface area contributed by atoms with Crippen LogP contribution in [-0.2, 0) is 37.4 Å². The van der Waals surface area contributed by atoms with Crippen LogP contribution in [0, 0.1) is 5.92 Å². The lowest BCUT2D eigenvalue weighted by molar-refractivity contribution is -0.199. The van der Waals surface area contributed by atoms with Crippen LogP contribution in [0.1, 0.15) is 136 Å². The maximum absolute atomic E-state index is 12.7. The minimum Gasteiger partial charge on any atom is -0.462 e. The Hall–Kier alpha value is -2.45. The van der Waals surface area contributed by atoms with Crippen molar-refractivity contribution in [2.45, 2.75) is 167 Å². The number of aliphatic hydroxyl groups excluding tert-OH is 3. The molecule has 1 saturated heterocycles. The highest BCUT2D eigenvalue weighted by Crippen LogP contribution is 2.43. The van der Waals surface area contributed by atoms with Gasteiger partial charge in [-0.05, 0) is 70.6 Å². The summed E-state index contributed by atoms with van der Waals surface area (Å²) in [7, 11) is -4.47. The van der Waals surface area contributed by atoms with Crippen LogP contribution in [0.25, 0.3) is 0 Å². The van der Waals surface area contributed by atoms with E-state index in [1.165, 1.54) is 19.3 Å². The van der Waals surface area contributed by atoms with E-state index in [1.807, 2.05) is 12.2 Å². The van der Waals surface area contributed by atoms with E-state index in [2.05, 4.69) is 50.3 Å². The molecule has 1 heterocycles. The van der Waals surface area contributed by atoms with Gasteiger partial charge in [-0.25, -0.2) is 4.57 Å². The van der Waals surface area contributed by atoms with Gasteiger partial charge in [0.05, 0.1) is 31.5 Å². The summed E-state index contributed by atoms with van der Waals surface area (Å²) in [6.07, 6.45) is 30.2. The average Bonchev–Trinajstić information content (AvgIpc) is 3.17. The number of nitrogens with two attached hydrogens (primary N) is 1.